The zero-order valence-electron chi connectivity index (χ0n) is 14.4. The first-order valence-corrected chi connectivity index (χ1v) is 10.8. The molecule has 2 aromatic rings. The lowest BCUT2D eigenvalue weighted by Gasteiger charge is -2.13. The molecule has 1 N–H and O–H groups in total. The number of benzene rings is 2. The van der Waals surface area contributed by atoms with Crippen molar-refractivity contribution in [1.29, 1.82) is 0 Å². The van der Waals surface area contributed by atoms with Crippen molar-refractivity contribution in [3.05, 3.63) is 52.0 Å². The highest BCUT2D eigenvalue weighted by molar-refractivity contribution is 9.10. The van der Waals surface area contributed by atoms with Gasteiger partial charge in [-0.25, -0.2) is 0 Å². The van der Waals surface area contributed by atoms with E-state index >= 15 is 0 Å². The zero-order chi connectivity index (χ0) is 19.3. The number of hydrogen-bond donors (Lipinski definition) is 1. The van der Waals surface area contributed by atoms with Crippen molar-refractivity contribution in [3.8, 4) is 11.5 Å². The fraction of sp³-hybridized carbons (Fsp3) is 0.235. The summed E-state index contributed by atoms with van der Waals surface area (Å²) in [4.78, 5) is 2.42. The molecule has 0 bridgehead atoms. The van der Waals surface area contributed by atoms with E-state index in [-0.39, 0.29) is 4.90 Å². The number of hydrogen-bond acceptors (Lipinski definition) is 5. The standard InChI is InChI=1S/C17H18Br2N2O4S/c1-11-4-6-12(7-5-11)26(22,23)21-20-15(10-18)13-8-16(24-2)17(25-3)9-14(13)19/h4-9,21H,10H2,1-3H3/b20-15+. The third-order valence-electron chi connectivity index (χ3n) is 3.54. The van der Waals surface area contributed by atoms with Crippen LogP contribution < -0.4 is 14.3 Å². The number of rotatable bonds is 7. The molecule has 0 aliphatic carbocycles. The largest absolute Gasteiger partial charge is 0.493 e. The molecule has 0 spiro atoms. The predicted octanol–water partition coefficient (Wildman–Crippen LogP) is 3.85. The maximum Gasteiger partial charge on any atom is 0.276 e. The highest BCUT2D eigenvalue weighted by atomic mass is 79.9. The van der Waals surface area contributed by atoms with Gasteiger partial charge >= 0.3 is 0 Å². The molecule has 9 heteroatoms. The molecule has 6 nitrogen and oxygen atoms in total. The number of hydrazone groups is 1. The van der Waals surface area contributed by atoms with Gasteiger partial charge in [0.25, 0.3) is 10.0 Å². The van der Waals surface area contributed by atoms with E-state index in [0.29, 0.717) is 32.6 Å². The molecule has 2 rings (SSSR count). The SMILES string of the molecule is COc1cc(Br)c(/C(CBr)=N/NS(=O)(=O)c2ccc(C)cc2)cc1OC. The van der Waals surface area contributed by atoms with Crippen LogP contribution in [-0.4, -0.2) is 33.7 Å². The summed E-state index contributed by atoms with van der Waals surface area (Å²) in [5.41, 5.74) is 2.13. The van der Waals surface area contributed by atoms with Crippen molar-refractivity contribution in [2.45, 2.75) is 11.8 Å². The van der Waals surface area contributed by atoms with Crippen molar-refractivity contribution >= 4 is 47.6 Å². The topological polar surface area (TPSA) is 77.0 Å². The Hall–Kier alpha value is -1.58. The average Bonchev–Trinajstić information content (AvgIpc) is 2.63. The van der Waals surface area contributed by atoms with E-state index in [1.165, 1.54) is 19.2 Å². The van der Waals surface area contributed by atoms with Crippen LogP contribution in [-0.2, 0) is 10.0 Å². The van der Waals surface area contributed by atoms with Gasteiger partial charge < -0.3 is 9.47 Å². The van der Waals surface area contributed by atoms with Crippen LogP contribution in [0, 0.1) is 6.92 Å². The highest BCUT2D eigenvalue weighted by Gasteiger charge is 2.16. The molecule has 0 aliphatic heterocycles. The molecule has 0 saturated heterocycles. The molecule has 0 radical (unpaired) electrons. The quantitative estimate of drug-likeness (QED) is 0.352. The van der Waals surface area contributed by atoms with Gasteiger partial charge in [0.05, 0.1) is 24.8 Å². The number of alkyl halides is 1. The maximum absolute atomic E-state index is 12.4. The molecule has 0 unspecified atom stereocenters. The van der Waals surface area contributed by atoms with Gasteiger partial charge in [0, 0.05) is 15.4 Å². The molecule has 0 atom stereocenters. The maximum atomic E-state index is 12.4. The van der Waals surface area contributed by atoms with E-state index in [0.717, 1.165) is 5.56 Å². The van der Waals surface area contributed by atoms with Crippen molar-refractivity contribution in [3.63, 3.8) is 0 Å². The molecule has 0 amide bonds. The van der Waals surface area contributed by atoms with Crippen LogP contribution in [0.1, 0.15) is 11.1 Å². The van der Waals surface area contributed by atoms with Gasteiger partial charge in [-0.05, 0) is 47.1 Å². The van der Waals surface area contributed by atoms with Gasteiger partial charge in [0.1, 0.15) is 0 Å². The minimum absolute atomic E-state index is 0.146. The van der Waals surface area contributed by atoms with Crippen molar-refractivity contribution in [2.75, 3.05) is 19.5 Å². The lowest BCUT2D eigenvalue weighted by Crippen LogP contribution is -2.21. The van der Waals surface area contributed by atoms with Crippen molar-refractivity contribution in [2.24, 2.45) is 5.10 Å². The first-order valence-electron chi connectivity index (χ1n) is 7.45. The van der Waals surface area contributed by atoms with Crippen molar-refractivity contribution < 1.29 is 17.9 Å². The van der Waals surface area contributed by atoms with Gasteiger partial charge in [-0.15, -0.1) is 0 Å². The third-order valence-corrected chi connectivity index (χ3v) is 5.95. The third kappa shape index (κ3) is 4.77. The second kappa shape index (κ2) is 8.88. The normalized spacial score (nSPS) is 12.0. The molecule has 0 aliphatic rings. The summed E-state index contributed by atoms with van der Waals surface area (Å²) in [6, 6.07) is 9.99. The number of nitrogens with zero attached hydrogens (tertiary/aromatic N) is 1. The van der Waals surface area contributed by atoms with Crippen LogP contribution in [0.3, 0.4) is 0 Å². The van der Waals surface area contributed by atoms with Gasteiger partial charge in [-0.3, -0.25) is 0 Å². The van der Waals surface area contributed by atoms with Gasteiger partial charge in [-0.1, -0.05) is 33.6 Å². The Labute approximate surface area is 169 Å². The van der Waals surface area contributed by atoms with Gasteiger partial charge in [-0.2, -0.15) is 18.4 Å². The Bertz CT molecular complexity index is 913. The zero-order valence-corrected chi connectivity index (χ0v) is 18.4. The first-order chi connectivity index (χ1) is 12.3. The number of methoxy groups -OCH3 is 2. The molecular formula is C17H18Br2N2O4S. The number of aryl methyl sites for hydroxylation is 1. The Kier molecular flexibility index (Phi) is 7.08. The summed E-state index contributed by atoms with van der Waals surface area (Å²) in [5, 5.41) is 4.41. The minimum atomic E-state index is -3.76. The molecule has 140 valence electrons. The summed E-state index contributed by atoms with van der Waals surface area (Å²) in [7, 11) is -0.692. The van der Waals surface area contributed by atoms with Crippen LogP contribution in [0.2, 0.25) is 0 Å². The fourth-order valence-electron chi connectivity index (χ4n) is 2.12. The predicted molar refractivity (Wildman–Crippen MR) is 109 cm³/mol. The van der Waals surface area contributed by atoms with E-state index in [1.54, 1.807) is 31.4 Å². The summed E-state index contributed by atoms with van der Waals surface area (Å²) in [6.45, 7) is 1.89. The Balaban J connectivity index is 2.37. The molecule has 0 saturated carbocycles. The summed E-state index contributed by atoms with van der Waals surface area (Å²) in [5.74, 6) is 1.07. The lowest BCUT2D eigenvalue weighted by atomic mass is 10.1. The van der Waals surface area contributed by atoms with Gasteiger partial charge in [0.2, 0.25) is 0 Å². The van der Waals surface area contributed by atoms with E-state index in [4.69, 9.17) is 9.47 Å². The highest BCUT2D eigenvalue weighted by Crippen LogP contribution is 2.33. The summed E-state index contributed by atoms with van der Waals surface area (Å²) < 4.78 is 36.1. The van der Waals surface area contributed by atoms with Crippen LogP contribution >= 0.6 is 31.9 Å². The smallest absolute Gasteiger partial charge is 0.276 e. The van der Waals surface area contributed by atoms with E-state index < -0.39 is 10.0 Å². The second-order valence-corrected chi connectivity index (χ2v) is 8.36. The molecule has 0 heterocycles. The van der Waals surface area contributed by atoms with Gasteiger partial charge in [0.15, 0.2) is 11.5 Å². The average molecular weight is 506 g/mol. The van der Waals surface area contributed by atoms with Crippen LogP contribution in [0.5, 0.6) is 11.5 Å². The van der Waals surface area contributed by atoms with Crippen LogP contribution in [0.4, 0.5) is 0 Å². The Morgan fingerprint density at radius 3 is 2.23 bits per heavy atom. The van der Waals surface area contributed by atoms with Crippen molar-refractivity contribution in [1.82, 2.24) is 4.83 Å². The fourth-order valence-corrected chi connectivity index (χ4v) is 3.93. The molecule has 0 aromatic heterocycles. The minimum Gasteiger partial charge on any atom is -0.493 e. The lowest BCUT2D eigenvalue weighted by molar-refractivity contribution is 0.354. The number of sulfonamides is 1. The second-order valence-electron chi connectivity index (χ2n) is 5.29. The molecule has 0 fully saturated rings. The van der Waals surface area contributed by atoms with E-state index in [9.17, 15) is 8.42 Å². The monoisotopic (exact) mass is 504 g/mol. The molecule has 26 heavy (non-hydrogen) atoms. The van der Waals surface area contributed by atoms with E-state index in [2.05, 4.69) is 41.8 Å². The Morgan fingerprint density at radius 1 is 1.12 bits per heavy atom. The van der Waals surface area contributed by atoms with E-state index in [1.807, 2.05) is 6.92 Å². The number of nitrogens with one attached hydrogen (secondary N) is 1. The Morgan fingerprint density at radius 2 is 1.69 bits per heavy atom. The molecule has 2 aromatic carbocycles. The summed E-state index contributed by atoms with van der Waals surface area (Å²) >= 11 is 6.80. The first kappa shape index (κ1) is 20.7. The number of halogens is 2. The molecular weight excluding hydrogens is 488 g/mol. The summed E-state index contributed by atoms with van der Waals surface area (Å²) in [6.07, 6.45) is 0. The number of ether oxygens (including phenoxy) is 2. The van der Waals surface area contributed by atoms with Crippen LogP contribution in [0.25, 0.3) is 0 Å². The van der Waals surface area contributed by atoms with Crippen LogP contribution in [0.15, 0.2) is 50.9 Å².